The second-order valence-electron chi connectivity index (χ2n) is 5.48. The van der Waals surface area contributed by atoms with Crippen LogP contribution in [0.25, 0.3) is 16.9 Å². The van der Waals surface area contributed by atoms with Gasteiger partial charge >= 0.3 is 0 Å². The third-order valence-corrected chi connectivity index (χ3v) is 3.49. The van der Waals surface area contributed by atoms with Gasteiger partial charge in [-0.1, -0.05) is 89.1 Å². The molecule has 0 spiro atoms. The first kappa shape index (κ1) is 18.0. The Balaban J connectivity index is 0.000000541. The van der Waals surface area contributed by atoms with Gasteiger partial charge in [0, 0.05) is 5.56 Å². The highest BCUT2D eigenvalue weighted by Gasteiger charge is 2.02. The van der Waals surface area contributed by atoms with Gasteiger partial charge in [-0.3, -0.25) is 0 Å². The van der Waals surface area contributed by atoms with Crippen molar-refractivity contribution in [3.8, 4) is 11.1 Å². The molecule has 118 valence electrons. The maximum absolute atomic E-state index is 9.44. The molecule has 1 nitrogen and oxygen atoms in total. The minimum absolute atomic E-state index is 0.113. The molecule has 2 aromatic rings. The Bertz CT molecular complexity index is 582. The number of aliphatic hydroxyl groups excluding tert-OH is 1. The summed E-state index contributed by atoms with van der Waals surface area (Å²) in [6.07, 6.45) is 4.89. The van der Waals surface area contributed by atoms with E-state index in [1.165, 1.54) is 24.0 Å². The zero-order valence-corrected chi connectivity index (χ0v) is 14.1. The standard InChI is InChI=1S/C17H18O.C4H10/c1-3-6-14-7-4-9-16(11-14)17-10-5-8-15(12-17)13(2)18;1-3-4-2/h4-5,7-12,18H,2-3,6H2,1H3;3-4H2,1-2H3. The van der Waals surface area contributed by atoms with Gasteiger partial charge in [0.1, 0.15) is 5.76 Å². The number of hydrogen-bond acceptors (Lipinski definition) is 1. The predicted octanol–water partition coefficient (Wildman–Crippen LogP) is 6.64. The zero-order valence-electron chi connectivity index (χ0n) is 14.1. The van der Waals surface area contributed by atoms with Gasteiger partial charge in [0.05, 0.1) is 0 Å². The van der Waals surface area contributed by atoms with Gasteiger partial charge in [-0.25, -0.2) is 0 Å². The second-order valence-corrected chi connectivity index (χ2v) is 5.48. The molecule has 0 radical (unpaired) electrons. The first-order valence-electron chi connectivity index (χ1n) is 8.19. The summed E-state index contributed by atoms with van der Waals surface area (Å²) in [5.74, 6) is 0.113. The molecule has 0 atom stereocenters. The Morgan fingerprint density at radius 3 is 2.00 bits per heavy atom. The van der Waals surface area contributed by atoms with E-state index in [1.807, 2.05) is 18.2 Å². The number of aliphatic hydroxyl groups is 1. The Hall–Kier alpha value is -2.02. The molecule has 0 saturated heterocycles. The van der Waals surface area contributed by atoms with Crippen molar-refractivity contribution in [3.05, 3.63) is 66.2 Å². The largest absolute Gasteiger partial charge is 0.508 e. The van der Waals surface area contributed by atoms with Gasteiger partial charge in [-0.15, -0.1) is 0 Å². The summed E-state index contributed by atoms with van der Waals surface area (Å²) in [5.41, 5.74) is 4.42. The lowest BCUT2D eigenvalue weighted by Crippen LogP contribution is -1.86. The van der Waals surface area contributed by atoms with E-state index in [1.54, 1.807) is 0 Å². The Kier molecular flexibility index (Phi) is 8.06. The molecule has 0 fully saturated rings. The SMILES string of the molecule is C=C(O)c1cccc(-c2cccc(CCC)c2)c1.CCCC. The van der Waals surface area contributed by atoms with Crippen LogP contribution in [0.5, 0.6) is 0 Å². The predicted molar refractivity (Wildman–Crippen MR) is 98.1 cm³/mol. The molecule has 0 heterocycles. The molecule has 0 bridgehead atoms. The van der Waals surface area contributed by atoms with Crippen LogP contribution < -0.4 is 0 Å². The molecule has 0 aromatic heterocycles. The lowest BCUT2D eigenvalue weighted by molar-refractivity contribution is 0.514. The van der Waals surface area contributed by atoms with Crippen molar-refractivity contribution in [2.45, 2.75) is 46.5 Å². The van der Waals surface area contributed by atoms with Crippen LogP contribution in [0.4, 0.5) is 0 Å². The highest BCUT2D eigenvalue weighted by atomic mass is 16.3. The molecule has 0 amide bonds. The Morgan fingerprint density at radius 1 is 0.864 bits per heavy atom. The molecule has 1 heteroatoms. The van der Waals surface area contributed by atoms with Crippen molar-refractivity contribution in [2.75, 3.05) is 0 Å². The summed E-state index contributed by atoms with van der Waals surface area (Å²) in [5, 5.41) is 9.44. The van der Waals surface area contributed by atoms with Crippen molar-refractivity contribution >= 4 is 5.76 Å². The Labute approximate surface area is 135 Å². The van der Waals surface area contributed by atoms with Crippen LogP contribution in [0, 0.1) is 0 Å². The van der Waals surface area contributed by atoms with E-state index in [-0.39, 0.29) is 5.76 Å². The molecule has 2 aromatic carbocycles. The van der Waals surface area contributed by atoms with Crippen molar-refractivity contribution in [1.82, 2.24) is 0 Å². The van der Waals surface area contributed by atoms with E-state index in [2.05, 4.69) is 57.7 Å². The number of benzene rings is 2. The van der Waals surface area contributed by atoms with E-state index < -0.39 is 0 Å². The van der Waals surface area contributed by atoms with E-state index in [4.69, 9.17) is 0 Å². The summed E-state index contributed by atoms with van der Waals surface area (Å²) in [6, 6.07) is 16.4. The van der Waals surface area contributed by atoms with Crippen LogP contribution in [-0.2, 0) is 6.42 Å². The normalized spacial score (nSPS) is 9.77. The quantitative estimate of drug-likeness (QED) is 0.613. The van der Waals surface area contributed by atoms with Gasteiger partial charge in [-0.05, 0) is 29.2 Å². The van der Waals surface area contributed by atoms with Crippen LogP contribution >= 0.6 is 0 Å². The molecular formula is C21H28O. The summed E-state index contributed by atoms with van der Waals surface area (Å²) in [7, 11) is 0. The van der Waals surface area contributed by atoms with E-state index in [9.17, 15) is 5.11 Å². The van der Waals surface area contributed by atoms with Crippen molar-refractivity contribution in [3.63, 3.8) is 0 Å². The molecule has 0 unspecified atom stereocenters. The maximum Gasteiger partial charge on any atom is 0.115 e. The second kappa shape index (κ2) is 9.83. The van der Waals surface area contributed by atoms with E-state index in [0.717, 1.165) is 24.0 Å². The highest BCUT2D eigenvalue weighted by molar-refractivity contribution is 5.69. The van der Waals surface area contributed by atoms with Crippen LogP contribution in [0.1, 0.15) is 51.2 Å². The topological polar surface area (TPSA) is 20.2 Å². The molecule has 1 N–H and O–H groups in total. The third-order valence-electron chi connectivity index (χ3n) is 3.49. The third kappa shape index (κ3) is 5.77. The summed E-state index contributed by atoms with van der Waals surface area (Å²) < 4.78 is 0. The smallest absolute Gasteiger partial charge is 0.115 e. The molecule has 22 heavy (non-hydrogen) atoms. The van der Waals surface area contributed by atoms with E-state index >= 15 is 0 Å². The first-order chi connectivity index (χ1) is 10.6. The molecule has 0 aliphatic heterocycles. The monoisotopic (exact) mass is 296 g/mol. The van der Waals surface area contributed by atoms with Gasteiger partial charge in [-0.2, -0.15) is 0 Å². The number of rotatable bonds is 5. The average molecular weight is 296 g/mol. The summed E-state index contributed by atoms with van der Waals surface area (Å²) in [4.78, 5) is 0. The van der Waals surface area contributed by atoms with Crippen LogP contribution in [0.3, 0.4) is 0 Å². The van der Waals surface area contributed by atoms with E-state index in [0.29, 0.717) is 0 Å². The molecule has 2 rings (SSSR count). The maximum atomic E-state index is 9.44. The summed E-state index contributed by atoms with van der Waals surface area (Å²) >= 11 is 0. The van der Waals surface area contributed by atoms with Crippen molar-refractivity contribution in [1.29, 1.82) is 0 Å². The molecular weight excluding hydrogens is 268 g/mol. The van der Waals surface area contributed by atoms with Crippen LogP contribution in [0.2, 0.25) is 0 Å². The first-order valence-corrected chi connectivity index (χ1v) is 8.19. The van der Waals surface area contributed by atoms with Crippen molar-refractivity contribution in [2.24, 2.45) is 0 Å². The van der Waals surface area contributed by atoms with Gasteiger partial charge in [0.15, 0.2) is 0 Å². The Morgan fingerprint density at radius 2 is 1.45 bits per heavy atom. The summed E-state index contributed by atoms with van der Waals surface area (Å²) in [6.45, 7) is 10.1. The van der Waals surface area contributed by atoms with Crippen LogP contribution in [0.15, 0.2) is 55.1 Å². The molecule has 0 aliphatic rings. The van der Waals surface area contributed by atoms with Crippen LogP contribution in [-0.4, -0.2) is 5.11 Å². The molecule has 0 saturated carbocycles. The zero-order chi connectivity index (χ0) is 16.4. The molecule has 0 aliphatic carbocycles. The lowest BCUT2D eigenvalue weighted by atomic mass is 9.99. The minimum Gasteiger partial charge on any atom is -0.508 e. The number of aryl methyl sites for hydroxylation is 1. The number of unbranched alkanes of at least 4 members (excludes halogenated alkanes) is 1. The van der Waals surface area contributed by atoms with Gasteiger partial charge < -0.3 is 5.11 Å². The van der Waals surface area contributed by atoms with Gasteiger partial charge in [0.2, 0.25) is 0 Å². The fourth-order valence-electron chi connectivity index (χ4n) is 2.07. The highest BCUT2D eigenvalue weighted by Crippen LogP contribution is 2.23. The van der Waals surface area contributed by atoms with Gasteiger partial charge in [0.25, 0.3) is 0 Å². The minimum atomic E-state index is 0.113. The lowest BCUT2D eigenvalue weighted by Gasteiger charge is -2.06. The fourth-order valence-corrected chi connectivity index (χ4v) is 2.07. The average Bonchev–Trinajstić information content (AvgIpc) is 2.56. The van der Waals surface area contributed by atoms with Crippen molar-refractivity contribution < 1.29 is 5.11 Å². The fraction of sp³-hybridized carbons (Fsp3) is 0.333. The number of hydrogen-bond donors (Lipinski definition) is 1.